The Labute approximate surface area is 163 Å². The van der Waals surface area contributed by atoms with E-state index in [-0.39, 0.29) is 18.3 Å². The van der Waals surface area contributed by atoms with Gasteiger partial charge in [0.05, 0.1) is 26.1 Å². The molecule has 0 saturated carbocycles. The highest BCUT2D eigenvalue weighted by atomic mass is 35.5. The van der Waals surface area contributed by atoms with E-state index >= 15 is 0 Å². The van der Waals surface area contributed by atoms with Gasteiger partial charge in [-0.2, -0.15) is 0 Å². The van der Waals surface area contributed by atoms with Gasteiger partial charge in [-0.1, -0.05) is 6.07 Å². The normalized spacial score (nSPS) is 12.6. The standard InChI is InChI=1S/C20H19N3O3.ClH/c1-25-17-7-4-14(10-18(17)26-2)20-21-11-16(23-20)13-3-6-15-12(9-13)5-8-19(24)22-15;/h3-4,6-7,9-11H,5,8H2,1-2H3,(H,21,23)(H,22,24);1H. The number of hydrogen-bond acceptors (Lipinski definition) is 4. The van der Waals surface area contributed by atoms with Crippen molar-refractivity contribution in [3.63, 3.8) is 0 Å². The number of hydrogen-bond donors (Lipinski definition) is 2. The first kappa shape index (κ1) is 18.8. The molecule has 7 heteroatoms. The number of aromatic nitrogens is 2. The Morgan fingerprint density at radius 3 is 2.52 bits per heavy atom. The summed E-state index contributed by atoms with van der Waals surface area (Å²) in [6.07, 6.45) is 3.09. The molecule has 0 bridgehead atoms. The van der Waals surface area contributed by atoms with Crippen LogP contribution in [-0.2, 0) is 11.2 Å². The van der Waals surface area contributed by atoms with Crippen LogP contribution in [-0.4, -0.2) is 30.1 Å². The first-order chi connectivity index (χ1) is 12.7. The molecule has 0 unspecified atom stereocenters. The van der Waals surface area contributed by atoms with Crippen molar-refractivity contribution in [2.24, 2.45) is 0 Å². The molecule has 0 radical (unpaired) electrons. The summed E-state index contributed by atoms with van der Waals surface area (Å²) in [5.74, 6) is 2.17. The first-order valence-electron chi connectivity index (χ1n) is 8.38. The average molecular weight is 386 g/mol. The molecule has 0 spiro atoms. The maximum Gasteiger partial charge on any atom is 0.224 e. The van der Waals surface area contributed by atoms with E-state index in [4.69, 9.17) is 9.47 Å². The minimum Gasteiger partial charge on any atom is -0.493 e. The summed E-state index contributed by atoms with van der Waals surface area (Å²) >= 11 is 0. The highest BCUT2D eigenvalue weighted by Crippen LogP contribution is 2.33. The van der Waals surface area contributed by atoms with E-state index < -0.39 is 0 Å². The van der Waals surface area contributed by atoms with Gasteiger partial charge in [0.25, 0.3) is 0 Å². The third-order valence-corrected chi connectivity index (χ3v) is 4.54. The van der Waals surface area contributed by atoms with E-state index in [0.29, 0.717) is 17.9 Å². The van der Waals surface area contributed by atoms with Gasteiger partial charge in [0, 0.05) is 17.7 Å². The van der Waals surface area contributed by atoms with E-state index in [1.807, 2.05) is 36.5 Å². The number of nitrogens with zero attached hydrogens (tertiary/aromatic N) is 1. The summed E-state index contributed by atoms with van der Waals surface area (Å²) in [5, 5.41) is 2.90. The largest absolute Gasteiger partial charge is 0.493 e. The highest BCUT2D eigenvalue weighted by molar-refractivity contribution is 5.94. The molecule has 2 aromatic carbocycles. The van der Waals surface area contributed by atoms with Crippen LogP contribution in [0.3, 0.4) is 0 Å². The Hall–Kier alpha value is -2.99. The number of ether oxygens (including phenoxy) is 2. The van der Waals surface area contributed by atoms with Crippen molar-refractivity contribution in [3.05, 3.63) is 48.2 Å². The molecular formula is C20H20ClN3O3. The molecule has 1 aliphatic rings. The van der Waals surface area contributed by atoms with Crippen LogP contribution in [0.25, 0.3) is 22.6 Å². The second-order valence-corrected chi connectivity index (χ2v) is 6.14. The van der Waals surface area contributed by atoms with Gasteiger partial charge in [-0.25, -0.2) is 4.98 Å². The second kappa shape index (κ2) is 7.72. The number of aromatic amines is 1. The topological polar surface area (TPSA) is 76.2 Å². The van der Waals surface area contributed by atoms with Crippen molar-refractivity contribution in [2.45, 2.75) is 12.8 Å². The molecule has 2 N–H and O–H groups in total. The lowest BCUT2D eigenvalue weighted by molar-refractivity contribution is -0.116. The zero-order valence-electron chi connectivity index (χ0n) is 15.0. The van der Waals surface area contributed by atoms with Crippen LogP contribution >= 0.6 is 12.4 Å². The number of fused-ring (bicyclic) bond motifs is 1. The predicted molar refractivity (Wildman–Crippen MR) is 107 cm³/mol. The van der Waals surface area contributed by atoms with Gasteiger partial charge in [-0.05, 0) is 47.9 Å². The zero-order chi connectivity index (χ0) is 18.1. The Morgan fingerprint density at radius 1 is 0.963 bits per heavy atom. The smallest absolute Gasteiger partial charge is 0.224 e. The van der Waals surface area contributed by atoms with E-state index in [9.17, 15) is 4.79 Å². The summed E-state index contributed by atoms with van der Waals surface area (Å²) < 4.78 is 10.6. The fourth-order valence-electron chi connectivity index (χ4n) is 3.15. The number of carbonyl (C=O) groups is 1. The lowest BCUT2D eigenvalue weighted by atomic mass is 9.99. The molecule has 1 amide bonds. The quantitative estimate of drug-likeness (QED) is 0.709. The zero-order valence-corrected chi connectivity index (χ0v) is 15.9. The Bertz CT molecular complexity index is 984. The van der Waals surface area contributed by atoms with Crippen molar-refractivity contribution < 1.29 is 14.3 Å². The lowest BCUT2D eigenvalue weighted by Gasteiger charge is -2.17. The van der Waals surface area contributed by atoms with Crippen LogP contribution in [0.15, 0.2) is 42.6 Å². The highest BCUT2D eigenvalue weighted by Gasteiger charge is 2.16. The molecule has 0 aliphatic carbocycles. The number of rotatable bonds is 4. The van der Waals surface area contributed by atoms with Crippen molar-refractivity contribution in [1.82, 2.24) is 9.97 Å². The Kier molecular flexibility index (Phi) is 5.37. The van der Waals surface area contributed by atoms with Crippen LogP contribution in [0.5, 0.6) is 11.5 Å². The molecular weight excluding hydrogens is 366 g/mol. The van der Waals surface area contributed by atoms with E-state index in [2.05, 4.69) is 21.4 Å². The van der Waals surface area contributed by atoms with Crippen LogP contribution < -0.4 is 14.8 Å². The first-order valence-corrected chi connectivity index (χ1v) is 8.38. The molecule has 4 rings (SSSR count). The minimum absolute atomic E-state index is 0. The summed E-state index contributed by atoms with van der Waals surface area (Å²) in [7, 11) is 3.22. The number of carbonyl (C=O) groups excluding carboxylic acids is 1. The van der Waals surface area contributed by atoms with Gasteiger partial charge < -0.3 is 19.8 Å². The van der Waals surface area contributed by atoms with E-state index in [1.54, 1.807) is 14.2 Å². The number of amides is 1. The number of methoxy groups -OCH3 is 2. The SMILES string of the molecule is COc1ccc(-c2ncc(-c3ccc4c(c3)CCC(=O)N4)[nH]2)cc1OC.Cl. The van der Waals surface area contributed by atoms with Gasteiger partial charge in [0.15, 0.2) is 11.5 Å². The Morgan fingerprint density at radius 2 is 1.74 bits per heavy atom. The maximum absolute atomic E-state index is 11.5. The van der Waals surface area contributed by atoms with Crippen LogP contribution in [0.1, 0.15) is 12.0 Å². The molecule has 0 atom stereocenters. The fraction of sp³-hybridized carbons (Fsp3) is 0.200. The molecule has 0 fully saturated rings. The number of aryl methyl sites for hydroxylation is 1. The third-order valence-electron chi connectivity index (χ3n) is 4.54. The molecule has 140 valence electrons. The van der Waals surface area contributed by atoms with Crippen molar-refractivity contribution in [3.8, 4) is 34.1 Å². The van der Waals surface area contributed by atoms with Crippen molar-refractivity contribution in [1.29, 1.82) is 0 Å². The maximum atomic E-state index is 11.5. The second-order valence-electron chi connectivity index (χ2n) is 6.14. The van der Waals surface area contributed by atoms with Gasteiger partial charge in [0.1, 0.15) is 5.82 Å². The molecule has 27 heavy (non-hydrogen) atoms. The number of anilines is 1. The molecule has 6 nitrogen and oxygen atoms in total. The number of imidazole rings is 1. The van der Waals surface area contributed by atoms with Gasteiger partial charge >= 0.3 is 0 Å². The number of halogens is 1. The third kappa shape index (κ3) is 3.61. The number of H-pyrrole nitrogens is 1. The minimum atomic E-state index is 0. The molecule has 3 aromatic rings. The van der Waals surface area contributed by atoms with Crippen LogP contribution in [0.2, 0.25) is 0 Å². The average Bonchev–Trinajstić information content (AvgIpc) is 3.17. The van der Waals surface area contributed by atoms with Crippen LogP contribution in [0, 0.1) is 0 Å². The number of nitrogens with one attached hydrogen (secondary N) is 2. The monoisotopic (exact) mass is 385 g/mol. The lowest BCUT2D eigenvalue weighted by Crippen LogP contribution is -2.18. The summed E-state index contributed by atoms with van der Waals surface area (Å²) in [5.41, 5.74) is 4.92. The summed E-state index contributed by atoms with van der Waals surface area (Å²) in [6.45, 7) is 0. The summed E-state index contributed by atoms with van der Waals surface area (Å²) in [4.78, 5) is 19.3. The molecule has 2 heterocycles. The molecule has 0 saturated heterocycles. The van der Waals surface area contributed by atoms with Gasteiger partial charge in [-0.15, -0.1) is 12.4 Å². The van der Waals surface area contributed by atoms with E-state index in [1.165, 1.54) is 0 Å². The van der Waals surface area contributed by atoms with Gasteiger partial charge in [0.2, 0.25) is 5.91 Å². The van der Waals surface area contributed by atoms with Crippen LogP contribution in [0.4, 0.5) is 5.69 Å². The Balaban J connectivity index is 0.00000210. The summed E-state index contributed by atoms with van der Waals surface area (Å²) in [6, 6.07) is 11.7. The van der Waals surface area contributed by atoms with Crippen molar-refractivity contribution >= 4 is 24.0 Å². The number of benzene rings is 2. The fourth-order valence-corrected chi connectivity index (χ4v) is 3.15. The predicted octanol–water partition coefficient (Wildman–Crippen LogP) is 4.07. The molecule has 1 aliphatic heterocycles. The van der Waals surface area contributed by atoms with Gasteiger partial charge in [-0.3, -0.25) is 4.79 Å². The van der Waals surface area contributed by atoms with E-state index in [0.717, 1.165) is 40.3 Å². The van der Waals surface area contributed by atoms with Crippen molar-refractivity contribution in [2.75, 3.05) is 19.5 Å². The molecule has 1 aromatic heterocycles.